The van der Waals surface area contributed by atoms with Gasteiger partial charge in [-0.05, 0) is 69.3 Å². The van der Waals surface area contributed by atoms with Crippen LogP contribution in [-0.4, -0.2) is 25.7 Å². The van der Waals surface area contributed by atoms with Crippen LogP contribution in [0.4, 0.5) is 10.1 Å². The first-order valence-corrected chi connectivity index (χ1v) is 8.48. The molecule has 2 unspecified atom stereocenters. The first-order chi connectivity index (χ1) is 10.2. The Morgan fingerprint density at radius 2 is 1.95 bits per heavy atom. The van der Waals surface area contributed by atoms with Crippen molar-refractivity contribution in [1.29, 1.82) is 0 Å². The van der Waals surface area contributed by atoms with E-state index in [0.717, 1.165) is 31.2 Å². The highest BCUT2D eigenvalue weighted by molar-refractivity contribution is 5.45. The molecule has 1 fully saturated rings. The van der Waals surface area contributed by atoms with Crippen molar-refractivity contribution in [3.8, 4) is 0 Å². The maximum absolute atomic E-state index is 13.0. The Hall–Kier alpha value is -1.09. The molecule has 2 rings (SSSR count). The molecule has 0 saturated heterocycles. The lowest BCUT2D eigenvalue weighted by atomic mass is 9.99. The molecule has 0 aromatic heterocycles. The fourth-order valence-corrected chi connectivity index (χ4v) is 3.42. The van der Waals surface area contributed by atoms with E-state index in [1.807, 2.05) is 12.1 Å². The smallest absolute Gasteiger partial charge is 0.123 e. The molecule has 1 aliphatic rings. The zero-order chi connectivity index (χ0) is 15.1. The van der Waals surface area contributed by atoms with E-state index in [1.54, 1.807) is 12.1 Å². The van der Waals surface area contributed by atoms with E-state index < -0.39 is 0 Å². The molecule has 1 aromatic carbocycles. The Bertz CT molecular complexity index is 404. The molecule has 0 bridgehead atoms. The lowest BCUT2D eigenvalue weighted by Gasteiger charge is -2.27. The second-order valence-electron chi connectivity index (χ2n) is 6.10. The summed E-state index contributed by atoms with van der Waals surface area (Å²) in [6.45, 7) is 7.58. The monoisotopic (exact) mass is 292 g/mol. The van der Waals surface area contributed by atoms with Crippen molar-refractivity contribution in [1.82, 2.24) is 5.32 Å². The van der Waals surface area contributed by atoms with Gasteiger partial charge >= 0.3 is 0 Å². The predicted molar refractivity (Wildman–Crippen MR) is 88.3 cm³/mol. The molecule has 0 heterocycles. The maximum atomic E-state index is 13.0. The van der Waals surface area contributed by atoms with Crippen molar-refractivity contribution in [3.63, 3.8) is 0 Å². The summed E-state index contributed by atoms with van der Waals surface area (Å²) in [5.74, 6) is 0.639. The average molecular weight is 292 g/mol. The van der Waals surface area contributed by atoms with E-state index in [4.69, 9.17) is 0 Å². The van der Waals surface area contributed by atoms with Crippen LogP contribution in [0.3, 0.4) is 0 Å². The van der Waals surface area contributed by atoms with Crippen molar-refractivity contribution in [3.05, 3.63) is 30.1 Å². The summed E-state index contributed by atoms with van der Waals surface area (Å²) >= 11 is 0. The number of benzene rings is 1. The van der Waals surface area contributed by atoms with E-state index in [-0.39, 0.29) is 5.82 Å². The summed E-state index contributed by atoms with van der Waals surface area (Å²) in [4.78, 5) is 2.36. The highest BCUT2D eigenvalue weighted by Crippen LogP contribution is 2.29. The third-order valence-electron chi connectivity index (χ3n) is 4.66. The Balaban J connectivity index is 1.86. The molecule has 0 aliphatic heterocycles. The minimum atomic E-state index is -0.158. The molecule has 0 spiro atoms. The van der Waals surface area contributed by atoms with Crippen LogP contribution in [0.25, 0.3) is 0 Å². The molecule has 21 heavy (non-hydrogen) atoms. The fraction of sp³-hybridized carbons (Fsp3) is 0.667. The summed E-state index contributed by atoms with van der Waals surface area (Å²) in [6.07, 6.45) is 6.47. The number of hydrogen-bond acceptors (Lipinski definition) is 2. The third-order valence-corrected chi connectivity index (χ3v) is 4.66. The van der Waals surface area contributed by atoms with Gasteiger partial charge in [0.2, 0.25) is 0 Å². The number of nitrogens with one attached hydrogen (secondary N) is 1. The summed E-state index contributed by atoms with van der Waals surface area (Å²) in [6, 6.07) is 7.59. The summed E-state index contributed by atoms with van der Waals surface area (Å²) in [5, 5.41) is 3.70. The van der Waals surface area contributed by atoms with Crippen LogP contribution in [-0.2, 0) is 0 Å². The van der Waals surface area contributed by atoms with E-state index in [2.05, 4.69) is 24.1 Å². The quantitative estimate of drug-likeness (QED) is 0.772. The van der Waals surface area contributed by atoms with E-state index in [1.165, 1.54) is 32.1 Å². The normalized spacial score (nSPS) is 21.7. The van der Waals surface area contributed by atoms with Gasteiger partial charge in [0.05, 0.1) is 0 Å². The van der Waals surface area contributed by atoms with E-state index >= 15 is 0 Å². The second-order valence-corrected chi connectivity index (χ2v) is 6.10. The molecular formula is C18H29FN2. The molecule has 118 valence electrons. The largest absolute Gasteiger partial charge is 0.372 e. The van der Waals surface area contributed by atoms with Gasteiger partial charge in [-0.25, -0.2) is 4.39 Å². The first kappa shape index (κ1) is 16.3. The van der Waals surface area contributed by atoms with Crippen LogP contribution >= 0.6 is 0 Å². The third kappa shape index (κ3) is 4.70. The van der Waals surface area contributed by atoms with Crippen molar-refractivity contribution < 1.29 is 4.39 Å². The van der Waals surface area contributed by atoms with Crippen molar-refractivity contribution in [2.45, 2.75) is 52.0 Å². The molecule has 3 heteroatoms. The zero-order valence-electron chi connectivity index (χ0n) is 13.4. The van der Waals surface area contributed by atoms with E-state index in [9.17, 15) is 4.39 Å². The zero-order valence-corrected chi connectivity index (χ0v) is 13.4. The van der Waals surface area contributed by atoms with Crippen LogP contribution in [0.1, 0.15) is 46.0 Å². The van der Waals surface area contributed by atoms with Crippen molar-refractivity contribution in [2.75, 3.05) is 24.5 Å². The van der Waals surface area contributed by atoms with Crippen LogP contribution in [0, 0.1) is 11.7 Å². The van der Waals surface area contributed by atoms with Crippen LogP contribution in [0.2, 0.25) is 0 Å². The van der Waals surface area contributed by atoms with Gasteiger partial charge in [-0.15, -0.1) is 0 Å². The standard InChI is InChI=1S/C18H29FN2/c1-3-13-20-18-7-5-6-15(18)12-14-21(4-2)17-10-8-16(19)9-11-17/h8-11,15,18,20H,3-7,12-14H2,1-2H3. The van der Waals surface area contributed by atoms with E-state index in [0.29, 0.717) is 6.04 Å². The molecule has 1 saturated carbocycles. The van der Waals surface area contributed by atoms with Gasteiger partial charge in [0.1, 0.15) is 5.82 Å². The highest BCUT2D eigenvalue weighted by Gasteiger charge is 2.26. The van der Waals surface area contributed by atoms with Crippen molar-refractivity contribution >= 4 is 5.69 Å². The first-order valence-electron chi connectivity index (χ1n) is 8.48. The summed E-state index contributed by atoms with van der Waals surface area (Å²) in [5.41, 5.74) is 1.13. The average Bonchev–Trinajstić information content (AvgIpc) is 2.95. The number of rotatable bonds is 8. The number of anilines is 1. The molecule has 0 radical (unpaired) electrons. The molecule has 1 N–H and O–H groups in total. The van der Waals surface area contributed by atoms with Gasteiger partial charge in [0.25, 0.3) is 0 Å². The summed E-state index contributed by atoms with van der Waals surface area (Å²) < 4.78 is 13.0. The fourth-order valence-electron chi connectivity index (χ4n) is 3.42. The Kier molecular flexibility index (Phi) is 6.50. The molecular weight excluding hydrogens is 263 g/mol. The Labute approximate surface area is 128 Å². The minimum Gasteiger partial charge on any atom is -0.372 e. The lowest BCUT2D eigenvalue weighted by Crippen LogP contribution is -2.35. The van der Waals surface area contributed by atoms with Gasteiger partial charge in [0, 0.05) is 24.8 Å². The Morgan fingerprint density at radius 3 is 2.62 bits per heavy atom. The molecule has 2 atom stereocenters. The van der Waals surface area contributed by atoms with Crippen LogP contribution in [0.5, 0.6) is 0 Å². The number of nitrogens with zero attached hydrogens (tertiary/aromatic N) is 1. The predicted octanol–water partition coefficient (Wildman–Crippen LogP) is 4.21. The number of hydrogen-bond donors (Lipinski definition) is 1. The lowest BCUT2D eigenvalue weighted by molar-refractivity contribution is 0.380. The van der Waals surface area contributed by atoms with Gasteiger partial charge in [-0.2, -0.15) is 0 Å². The minimum absolute atomic E-state index is 0.158. The van der Waals surface area contributed by atoms with Gasteiger partial charge in [-0.1, -0.05) is 13.3 Å². The van der Waals surface area contributed by atoms with Crippen LogP contribution in [0.15, 0.2) is 24.3 Å². The molecule has 2 nitrogen and oxygen atoms in total. The van der Waals surface area contributed by atoms with Gasteiger partial charge in [0.15, 0.2) is 0 Å². The topological polar surface area (TPSA) is 15.3 Å². The second kappa shape index (κ2) is 8.38. The number of halogens is 1. The maximum Gasteiger partial charge on any atom is 0.123 e. The highest BCUT2D eigenvalue weighted by atomic mass is 19.1. The SMILES string of the molecule is CCCNC1CCCC1CCN(CC)c1ccc(F)cc1. The molecule has 1 aromatic rings. The Morgan fingerprint density at radius 1 is 1.19 bits per heavy atom. The molecule has 0 amide bonds. The van der Waals surface area contributed by atoms with Gasteiger partial charge in [-0.3, -0.25) is 0 Å². The van der Waals surface area contributed by atoms with Gasteiger partial charge < -0.3 is 10.2 Å². The van der Waals surface area contributed by atoms with Crippen molar-refractivity contribution in [2.24, 2.45) is 5.92 Å². The molecule has 1 aliphatic carbocycles. The summed E-state index contributed by atoms with van der Waals surface area (Å²) in [7, 11) is 0. The van der Waals surface area contributed by atoms with Crippen LogP contribution < -0.4 is 10.2 Å².